The van der Waals surface area contributed by atoms with Crippen molar-refractivity contribution in [3.63, 3.8) is 0 Å². The minimum absolute atomic E-state index is 0.306. The molecule has 2 heterocycles. The molecule has 2 aromatic heterocycles. The van der Waals surface area contributed by atoms with E-state index in [1.807, 2.05) is 0 Å². The van der Waals surface area contributed by atoms with Crippen LogP contribution >= 0.6 is 0 Å². The van der Waals surface area contributed by atoms with Gasteiger partial charge in [0.1, 0.15) is 5.39 Å². The first kappa shape index (κ1) is 12.0. The number of hydrogen-bond acceptors (Lipinski definition) is 4. The number of rotatable bonds is 2. The Bertz CT molecular complexity index is 725. The Morgan fingerprint density at radius 3 is 2.84 bits per heavy atom. The highest BCUT2D eigenvalue weighted by atomic mass is 16.2. The molecule has 1 aliphatic carbocycles. The molecule has 0 bridgehead atoms. The maximum Gasteiger partial charge on any atom is 0.330 e. The largest absolute Gasteiger partial charge is 0.398 e. The zero-order valence-electron chi connectivity index (χ0n) is 10.6. The van der Waals surface area contributed by atoms with Gasteiger partial charge in [0.05, 0.1) is 0 Å². The molecule has 3 rings (SSSR count). The SMILES string of the molecule is Nc1ccnc2c1c(=O)[nH]c(=O)n2CC1CCCC1. The zero-order chi connectivity index (χ0) is 13.4. The lowest BCUT2D eigenvalue weighted by atomic mass is 10.1. The monoisotopic (exact) mass is 260 g/mol. The van der Waals surface area contributed by atoms with Crippen molar-refractivity contribution >= 4 is 16.7 Å². The van der Waals surface area contributed by atoms with Gasteiger partial charge in [0.2, 0.25) is 0 Å². The van der Waals surface area contributed by atoms with E-state index in [1.54, 1.807) is 10.6 Å². The quantitative estimate of drug-likeness (QED) is 0.837. The van der Waals surface area contributed by atoms with Gasteiger partial charge >= 0.3 is 5.69 Å². The number of anilines is 1. The molecule has 0 saturated heterocycles. The Hall–Kier alpha value is -2.11. The van der Waals surface area contributed by atoms with Crippen LogP contribution in [-0.2, 0) is 6.54 Å². The van der Waals surface area contributed by atoms with Gasteiger partial charge in [0, 0.05) is 18.4 Å². The molecule has 100 valence electrons. The molecule has 2 aromatic rings. The fourth-order valence-corrected chi connectivity index (χ4v) is 2.85. The van der Waals surface area contributed by atoms with E-state index in [0.717, 1.165) is 12.8 Å². The first-order valence-corrected chi connectivity index (χ1v) is 6.54. The fourth-order valence-electron chi connectivity index (χ4n) is 2.85. The van der Waals surface area contributed by atoms with Gasteiger partial charge in [0.25, 0.3) is 5.56 Å². The topological polar surface area (TPSA) is 93.8 Å². The molecular formula is C13H16N4O2. The maximum absolute atomic E-state index is 12.0. The second kappa shape index (κ2) is 4.53. The predicted octanol–water partition coefficient (Wildman–Crippen LogP) is 0.857. The lowest BCUT2D eigenvalue weighted by molar-refractivity contribution is 0.451. The number of pyridine rings is 1. The molecule has 6 nitrogen and oxygen atoms in total. The third kappa shape index (κ3) is 2.03. The van der Waals surface area contributed by atoms with Crippen molar-refractivity contribution < 1.29 is 0 Å². The average Bonchev–Trinajstić information content (AvgIpc) is 2.87. The number of fused-ring (bicyclic) bond motifs is 1. The van der Waals surface area contributed by atoms with Crippen LogP contribution in [0.4, 0.5) is 5.69 Å². The molecule has 0 atom stereocenters. The van der Waals surface area contributed by atoms with Crippen LogP contribution in [0.25, 0.3) is 11.0 Å². The molecule has 0 radical (unpaired) electrons. The zero-order valence-corrected chi connectivity index (χ0v) is 10.6. The highest BCUT2D eigenvalue weighted by Crippen LogP contribution is 2.26. The molecule has 0 spiro atoms. The van der Waals surface area contributed by atoms with Crippen molar-refractivity contribution in [2.24, 2.45) is 5.92 Å². The van der Waals surface area contributed by atoms with Crippen LogP contribution < -0.4 is 17.0 Å². The standard InChI is InChI=1S/C13H16N4O2/c14-9-5-6-15-11-10(9)12(18)16-13(19)17(11)7-8-3-1-2-4-8/h5-6,8H,1-4,7H2,(H2,14,15)(H,16,18,19). The first-order chi connectivity index (χ1) is 9.16. The summed E-state index contributed by atoms with van der Waals surface area (Å²) in [5, 5.41) is 0.306. The number of hydrogen-bond donors (Lipinski definition) is 2. The molecule has 1 aliphatic rings. The number of nitrogens with one attached hydrogen (secondary N) is 1. The summed E-state index contributed by atoms with van der Waals surface area (Å²) in [7, 11) is 0. The Labute approximate surface area is 109 Å². The molecule has 6 heteroatoms. The lowest BCUT2D eigenvalue weighted by Gasteiger charge is -2.13. The minimum atomic E-state index is -0.465. The third-order valence-corrected chi connectivity index (χ3v) is 3.83. The fraction of sp³-hybridized carbons (Fsp3) is 0.462. The highest BCUT2D eigenvalue weighted by Gasteiger charge is 2.19. The Kier molecular flexibility index (Phi) is 2.85. The number of nitrogens with two attached hydrogens (primary N) is 1. The number of nitrogens with zero attached hydrogens (tertiary/aromatic N) is 2. The highest BCUT2D eigenvalue weighted by molar-refractivity contribution is 5.86. The van der Waals surface area contributed by atoms with Crippen LogP contribution in [0.3, 0.4) is 0 Å². The van der Waals surface area contributed by atoms with Crippen molar-refractivity contribution in [3.05, 3.63) is 33.1 Å². The second-order valence-corrected chi connectivity index (χ2v) is 5.12. The summed E-state index contributed by atoms with van der Waals surface area (Å²) in [4.78, 5) is 30.3. The van der Waals surface area contributed by atoms with E-state index in [1.165, 1.54) is 19.0 Å². The molecule has 0 aliphatic heterocycles. The van der Waals surface area contributed by atoms with Crippen molar-refractivity contribution in [1.29, 1.82) is 0 Å². The summed E-state index contributed by atoms with van der Waals surface area (Å²) >= 11 is 0. The maximum atomic E-state index is 12.0. The van der Waals surface area contributed by atoms with Gasteiger partial charge < -0.3 is 5.73 Å². The molecule has 0 amide bonds. The summed E-state index contributed by atoms with van der Waals surface area (Å²) in [6.07, 6.45) is 6.18. The summed E-state index contributed by atoms with van der Waals surface area (Å²) < 4.78 is 1.54. The van der Waals surface area contributed by atoms with Crippen molar-refractivity contribution in [2.75, 3.05) is 5.73 Å². The van der Waals surface area contributed by atoms with Crippen LogP contribution in [0.15, 0.2) is 21.9 Å². The summed E-state index contributed by atoms with van der Waals surface area (Å²) in [6.45, 7) is 0.600. The van der Waals surface area contributed by atoms with Crippen LogP contribution in [0.5, 0.6) is 0 Å². The summed E-state index contributed by atoms with van der Waals surface area (Å²) in [6, 6.07) is 1.57. The van der Waals surface area contributed by atoms with Gasteiger partial charge in [-0.15, -0.1) is 0 Å². The van der Waals surface area contributed by atoms with E-state index in [-0.39, 0.29) is 0 Å². The predicted molar refractivity (Wildman–Crippen MR) is 73.0 cm³/mol. The smallest absolute Gasteiger partial charge is 0.330 e. The molecular weight excluding hydrogens is 244 g/mol. The number of nitrogen functional groups attached to an aromatic ring is 1. The Morgan fingerprint density at radius 1 is 1.37 bits per heavy atom. The second-order valence-electron chi connectivity index (χ2n) is 5.12. The van der Waals surface area contributed by atoms with E-state index in [9.17, 15) is 9.59 Å². The Morgan fingerprint density at radius 2 is 2.11 bits per heavy atom. The molecule has 3 N–H and O–H groups in total. The van der Waals surface area contributed by atoms with E-state index in [4.69, 9.17) is 5.73 Å². The summed E-state index contributed by atoms with van der Waals surface area (Å²) in [5.41, 5.74) is 5.69. The van der Waals surface area contributed by atoms with Crippen molar-refractivity contribution in [1.82, 2.24) is 14.5 Å². The molecule has 0 aromatic carbocycles. The van der Waals surface area contributed by atoms with E-state index >= 15 is 0 Å². The molecule has 19 heavy (non-hydrogen) atoms. The van der Waals surface area contributed by atoms with Gasteiger partial charge in [-0.1, -0.05) is 12.8 Å². The average molecular weight is 260 g/mol. The van der Waals surface area contributed by atoms with Crippen LogP contribution in [0, 0.1) is 5.92 Å². The third-order valence-electron chi connectivity index (χ3n) is 3.83. The first-order valence-electron chi connectivity index (χ1n) is 6.54. The van der Waals surface area contributed by atoms with Gasteiger partial charge in [-0.2, -0.15) is 0 Å². The van der Waals surface area contributed by atoms with E-state index in [2.05, 4.69) is 9.97 Å². The molecule has 1 saturated carbocycles. The van der Waals surface area contributed by atoms with Gasteiger partial charge in [0.15, 0.2) is 5.65 Å². The minimum Gasteiger partial charge on any atom is -0.398 e. The van der Waals surface area contributed by atoms with E-state index in [0.29, 0.717) is 29.2 Å². The van der Waals surface area contributed by atoms with Gasteiger partial charge in [-0.25, -0.2) is 9.78 Å². The van der Waals surface area contributed by atoms with Crippen molar-refractivity contribution in [2.45, 2.75) is 32.2 Å². The normalized spacial score (nSPS) is 16.2. The van der Waals surface area contributed by atoms with Gasteiger partial charge in [-0.3, -0.25) is 14.3 Å². The lowest BCUT2D eigenvalue weighted by Crippen LogP contribution is -2.32. The number of aromatic nitrogens is 3. The molecule has 1 fully saturated rings. The number of H-pyrrole nitrogens is 1. The van der Waals surface area contributed by atoms with E-state index < -0.39 is 11.2 Å². The van der Waals surface area contributed by atoms with Crippen LogP contribution in [0.2, 0.25) is 0 Å². The van der Waals surface area contributed by atoms with Crippen molar-refractivity contribution in [3.8, 4) is 0 Å². The number of aromatic amines is 1. The van der Waals surface area contributed by atoms with Gasteiger partial charge in [-0.05, 0) is 24.8 Å². The van der Waals surface area contributed by atoms with Crippen LogP contribution in [0.1, 0.15) is 25.7 Å². The Balaban J connectivity index is 2.20. The van der Waals surface area contributed by atoms with Crippen LogP contribution in [-0.4, -0.2) is 14.5 Å². The molecule has 0 unspecified atom stereocenters. The summed E-state index contributed by atoms with van der Waals surface area (Å²) in [5.74, 6) is 0.482.